The second-order valence-corrected chi connectivity index (χ2v) is 6.65. The summed E-state index contributed by atoms with van der Waals surface area (Å²) in [5.41, 5.74) is 0.958. The quantitative estimate of drug-likeness (QED) is 0.357. The highest BCUT2D eigenvalue weighted by molar-refractivity contribution is 14.0. The maximum absolute atomic E-state index is 6.21. The second kappa shape index (κ2) is 12.2. The molecule has 1 heterocycles. The molecule has 0 saturated carbocycles. The SMILES string of the molecule is CCNC(=NCc1ccc(Cl)cc1Cl)NCC(C)N1CCOCC1.I. The van der Waals surface area contributed by atoms with E-state index in [9.17, 15) is 0 Å². The molecular formula is C17H27Cl2IN4O. The van der Waals surface area contributed by atoms with Crippen LogP contribution in [0.5, 0.6) is 0 Å². The molecule has 0 aromatic heterocycles. The van der Waals surface area contributed by atoms with Crippen molar-refractivity contribution in [3.05, 3.63) is 33.8 Å². The van der Waals surface area contributed by atoms with Gasteiger partial charge in [0.15, 0.2) is 5.96 Å². The standard InChI is InChI=1S/C17H26Cl2N4O.HI/c1-3-20-17(21-11-13(2)23-6-8-24-9-7-23)22-12-14-4-5-15(18)10-16(14)19;/h4-5,10,13H,3,6-9,11-12H2,1-2H3,(H2,20,21,22);1H. The summed E-state index contributed by atoms with van der Waals surface area (Å²) < 4.78 is 5.40. The number of hydrogen-bond acceptors (Lipinski definition) is 3. The van der Waals surface area contributed by atoms with E-state index in [2.05, 4.69) is 34.4 Å². The number of guanidine groups is 1. The first-order valence-corrected chi connectivity index (χ1v) is 9.13. The molecule has 2 N–H and O–H groups in total. The van der Waals surface area contributed by atoms with Crippen LogP contribution in [0.2, 0.25) is 10.0 Å². The number of halogens is 3. The molecule has 1 aromatic rings. The van der Waals surface area contributed by atoms with Crippen molar-refractivity contribution in [1.82, 2.24) is 15.5 Å². The number of ether oxygens (including phenoxy) is 1. The van der Waals surface area contributed by atoms with E-state index in [-0.39, 0.29) is 24.0 Å². The zero-order valence-corrected chi connectivity index (χ0v) is 18.6. The molecule has 0 aliphatic carbocycles. The Kier molecular flexibility index (Phi) is 11.1. The molecule has 142 valence electrons. The average molecular weight is 501 g/mol. The van der Waals surface area contributed by atoms with Crippen LogP contribution in [0, 0.1) is 0 Å². The highest BCUT2D eigenvalue weighted by atomic mass is 127. The van der Waals surface area contributed by atoms with Gasteiger partial charge in [0.2, 0.25) is 0 Å². The van der Waals surface area contributed by atoms with Crippen LogP contribution in [0.4, 0.5) is 0 Å². The number of hydrogen-bond donors (Lipinski definition) is 2. The minimum absolute atomic E-state index is 0. The number of aliphatic imine (C=N–C) groups is 1. The van der Waals surface area contributed by atoms with E-state index in [0.717, 1.165) is 50.9 Å². The van der Waals surface area contributed by atoms with Crippen molar-refractivity contribution in [3.8, 4) is 0 Å². The lowest BCUT2D eigenvalue weighted by Crippen LogP contribution is -2.49. The summed E-state index contributed by atoms with van der Waals surface area (Å²) in [5, 5.41) is 7.95. The van der Waals surface area contributed by atoms with E-state index >= 15 is 0 Å². The average Bonchev–Trinajstić information content (AvgIpc) is 2.59. The molecular weight excluding hydrogens is 474 g/mol. The third-order valence-corrected chi connectivity index (χ3v) is 4.59. The van der Waals surface area contributed by atoms with Crippen LogP contribution in [0.3, 0.4) is 0 Å². The molecule has 0 bridgehead atoms. The van der Waals surface area contributed by atoms with Crippen molar-refractivity contribution in [2.75, 3.05) is 39.4 Å². The number of nitrogens with one attached hydrogen (secondary N) is 2. The van der Waals surface area contributed by atoms with E-state index in [1.807, 2.05) is 12.1 Å². The zero-order valence-electron chi connectivity index (χ0n) is 14.7. The molecule has 5 nitrogen and oxygen atoms in total. The summed E-state index contributed by atoms with van der Waals surface area (Å²) in [5.74, 6) is 0.795. The van der Waals surface area contributed by atoms with E-state index in [1.165, 1.54) is 0 Å². The predicted octanol–water partition coefficient (Wildman–Crippen LogP) is 3.39. The van der Waals surface area contributed by atoms with E-state index in [4.69, 9.17) is 27.9 Å². The third-order valence-electron chi connectivity index (χ3n) is 4.00. The van der Waals surface area contributed by atoms with Crippen LogP contribution in [0.1, 0.15) is 19.4 Å². The zero-order chi connectivity index (χ0) is 17.4. The van der Waals surface area contributed by atoms with Gasteiger partial charge < -0.3 is 15.4 Å². The van der Waals surface area contributed by atoms with Gasteiger partial charge in [-0.05, 0) is 31.5 Å². The van der Waals surface area contributed by atoms with E-state index < -0.39 is 0 Å². The molecule has 1 fully saturated rings. The topological polar surface area (TPSA) is 48.9 Å². The lowest BCUT2D eigenvalue weighted by molar-refractivity contribution is 0.0211. The minimum Gasteiger partial charge on any atom is -0.379 e. The summed E-state index contributed by atoms with van der Waals surface area (Å²) in [7, 11) is 0. The van der Waals surface area contributed by atoms with Gasteiger partial charge in [-0.25, -0.2) is 4.99 Å². The Bertz CT molecular complexity index is 553. The van der Waals surface area contributed by atoms with Gasteiger partial charge in [0.25, 0.3) is 0 Å². The van der Waals surface area contributed by atoms with Gasteiger partial charge in [-0.3, -0.25) is 4.90 Å². The second-order valence-electron chi connectivity index (χ2n) is 5.81. The van der Waals surface area contributed by atoms with Gasteiger partial charge in [-0.15, -0.1) is 24.0 Å². The predicted molar refractivity (Wildman–Crippen MR) is 117 cm³/mol. The number of benzene rings is 1. The van der Waals surface area contributed by atoms with Crippen LogP contribution < -0.4 is 10.6 Å². The van der Waals surface area contributed by atoms with Gasteiger partial charge in [-0.1, -0.05) is 29.3 Å². The first-order chi connectivity index (χ1) is 11.6. The van der Waals surface area contributed by atoms with Crippen molar-refractivity contribution >= 4 is 53.1 Å². The number of morpholine rings is 1. The number of nitrogens with zero attached hydrogens (tertiary/aromatic N) is 2. The molecule has 0 spiro atoms. The largest absolute Gasteiger partial charge is 0.379 e. The van der Waals surface area contributed by atoms with Crippen molar-refractivity contribution in [3.63, 3.8) is 0 Å². The van der Waals surface area contributed by atoms with Crippen LogP contribution in [0.15, 0.2) is 23.2 Å². The Morgan fingerprint density at radius 2 is 2.00 bits per heavy atom. The molecule has 1 aliphatic rings. The Hall–Kier alpha value is -0.280. The summed E-state index contributed by atoms with van der Waals surface area (Å²) in [6.45, 7) is 10.0. The summed E-state index contributed by atoms with van der Waals surface area (Å²) in [6.07, 6.45) is 0. The maximum atomic E-state index is 6.21. The van der Waals surface area contributed by atoms with Gasteiger partial charge in [0.05, 0.1) is 19.8 Å². The molecule has 0 amide bonds. The molecule has 0 radical (unpaired) electrons. The maximum Gasteiger partial charge on any atom is 0.191 e. The molecule has 1 aromatic carbocycles. The molecule has 2 rings (SSSR count). The third kappa shape index (κ3) is 7.86. The van der Waals surface area contributed by atoms with Gasteiger partial charge in [0, 0.05) is 42.3 Å². The number of rotatable bonds is 6. The van der Waals surface area contributed by atoms with Gasteiger partial charge >= 0.3 is 0 Å². The van der Waals surface area contributed by atoms with Crippen molar-refractivity contribution in [1.29, 1.82) is 0 Å². The Balaban J connectivity index is 0.00000312. The first-order valence-electron chi connectivity index (χ1n) is 8.38. The van der Waals surface area contributed by atoms with Crippen LogP contribution in [-0.4, -0.2) is 56.3 Å². The Morgan fingerprint density at radius 1 is 1.28 bits per heavy atom. The fraction of sp³-hybridized carbons (Fsp3) is 0.588. The highest BCUT2D eigenvalue weighted by Gasteiger charge is 2.17. The monoisotopic (exact) mass is 500 g/mol. The lowest BCUT2D eigenvalue weighted by Gasteiger charge is -2.32. The first kappa shape index (κ1) is 22.8. The Morgan fingerprint density at radius 3 is 2.64 bits per heavy atom. The van der Waals surface area contributed by atoms with Crippen molar-refractivity contribution in [2.45, 2.75) is 26.4 Å². The molecule has 1 saturated heterocycles. The molecule has 1 unspecified atom stereocenters. The van der Waals surface area contributed by atoms with Crippen LogP contribution in [0.25, 0.3) is 0 Å². The van der Waals surface area contributed by atoms with Crippen molar-refractivity contribution in [2.24, 2.45) is 4.99 Å². The fourth-order valence-corrected chi connectivity index (χ4v) is 3.02. The summed E-state index contributed by atoms with van der Waals surface area (Å²) in [4.78, 5) is 7.04. The smallest absolute Gasteiger partial charge is 0.191 e. The normalized spacial score (nSPS) is 16.9. The van der Waals surface area contributed by atoms with Crippen LogP contribution in [-0.2, 0) is 11.3 Å². The molecule has 25 heavy (non-hydrogen) atoms. The summed E-state index contributed by atoms with van der Waals surface area (Å²) >= 11 is 12.1. The molecule has 1 aliphatic heterocycles. The molecule has 1 atom stereocenters. The highest BCUT2D eigenvalue weighted by Crippen LogP contribution is 2.21. The van der Waals surface area contributed by atoms with Gasteiger partial charge in [0.1, 0.15) is 0 Å². The van der Waals surface area contributed by atoms with Crippen molar-refractivity contribution < 1.29 is 4.74 Å². The lowest BCUT2D eigenvalue weighted by atomic mass is 10.2. The van der Waals surface area contributed by atoms with Crippen LogP contribution >= 0.6 is 47.2 Å². The fourth-order valence-electron chi connectivity index (χ4n) is 2.55. The minimum atomic E-state index is 0. The Labute approximate surface area is 177 Å². The van der Waals surface area contributed by atoms with Gasteiger partial charge in [-0.2, -0.15) is 0 Å². The molecule has 8 heteroatoms. The summed E-state index contributed by atoms with van der Waals surface area (Å²) in [6, 6.07) is 5.92. The van der Waals surface area contributed by atoms with E-state index in [1.54, 1.807) is 6.07 Å². The van der Waals surface area contributed by atoms with E-state index in [0.29, 0.717) is 22.6 Å².